The fourth-order valence-electron chi connectivity index (χ4n) is 5.58. The third-order valence-corrected chi connectivity index (χ3v) is 7.46. The number of carboxylic acid groups (broad SMARTS) is 1. The molecule has 2 heterocycles. The summed E-state index contributed by atoms with van der Waals surface area (Å²) in [7, 11) is 0. The second-order valence-corrected chi connectivity index (χ2v) is 10.6. The average molecular weight is 528 g/mol. The van der Waals surface area contributed by atoms with Gasteiger partial charge in [0.1, 0.15) is 0 Å². The van der Waals surface area contributed by atoms with Crippen molar-refractivity contribution in [2.24, 2.45) is 0 Å². The quantitative estimate of drug-likeness (QED) is 0.420. The Hall–Kier alpha value is -3.81. The van der Waals surface area contributed by atoms with Crippen LogP contribution in [0.1, 0.15) is 60.6 Å². The summed E-state index contributed by atoms with van der Waals surface area (Å²) in [4.78, 5) is 40.4. The summed E-state index contributed by atoms with van der Waals surface area (Å²) < 4.78 is 12.0. The number of aromatic carboxylic acids is 1. The molecular weight excluding hydrogens is 494 g/mol. The van der Waals surface area contributed by atoms with Crippen LogP contribution >= 0.6 is 0 Å². The van der Waals surface area contributed by atoms with Gasteiger partial charge in [-0.05, 0) is 61.4 Å². The molecule has 0 aliphatic carbocycles. The maximum atomic E-state index is 13.7. The molecule has 3 aromatic rings. The van der Waals surface area contributed by atoms with Gasteiger partial charge in [0.2, 0.25) is 0 Å². The van der Waals surface area contributed by atoms with Crippen molar-refractivity contribution < 1.29 is 29.0 Å². The van der Waals surface area contributed by atoms with Crippen LogP contribution in [0.2, 0.25) is 0 Å². The largest absolute Gasteiger partial charge is 0.478 e. The summed E-state index contributed by atoms with van der Waals surface area (Å²) in [5, 5.41) is 9.48. The number of nitrogens with zero attached hydrogens (tertiary/aromatic N) is 1. The third-order valence-electron chi connectivity index (χ3n) is 7.46. The summed E-state index contributed by atoms with van der Waals surface area (Å²) in [6.07, 6.45) is 0.489. The van der Waals surface area contributed by atoms with Gasteiger partial charge in [-0.15, -0.1) is 0 Å². The zero-order valence-electron chi connectivity index (χ0n) is 22.2. The van der Waals surface area contributed by atoms with E-state index in [0.717, 1.165) is 29.5 Å². The molecule has 2 aliphatic heterocycles. The minimum absolute atomic E-state index is 0.0356. The lowest BCUT2D eigenvalue weighted by Crippen LogP contribution is -2.46. The van der Waals surface area contributed by atoms with E-state index in [-0.39, 0.29) is 29.7 Å². The molecule has 0 bridgehead atoms. The number of ether oxygens (including phenoxy) is 2. The zero-order chi connectivity index (χ0) is 27.6. The zero-order valence-corrected chi connectivity index (χ0v) is 22.2. The van der Waals surface area contributed by atoms with E-state index in [4.69, 9.17) is 9.47 Å². The highest BCUT2D eigenvalue weighted by Gasteiger charge is 2.50. The van der Waals surface area contributed by atoms with Crippen LogP contribution in [-0.4, -0.2) is 52.2 Å². The standard InChI is InChI=1S/C32H33NO6/c1-32(2)38-28(29(39-32)30(35)33-20-8-13-26(33)23-9-4-3-5-10-23)27(34)19-16-21-14-17-22(18-15-21)24-11-6-7-12-25(24)31(36)37/h3-7,9-12,14-15,17-18,26,28-29H,8,13,16,19-20H2,1-2H3,(H,36,37)/t26?,28-,29+/m0/s1. The van der Waals surface area contributed by atoms with Crippen molar-refractivity contribution in [3.05, 3.63) is 95.6 Å². The van der Waals surface area contributed by atoms with Gasteiger partial charge >= 0.3 is 5.97 Å². The average Bonchev–Trinajstić information content (AvgIpc) is 3.56. The van der Waals surface area contributed by atoms with Crippen LogP contribution in [0.15, 0.2) is 78.9 Å². The van der Waals surface area contributed by atoms with Crippen LogP contribution in [0.3, 0.4) is 0 Å². The van der Waals surface area contributed by atoms with E-state index < -0.39 is 24.0 Å². The predicted molar refractivity (Wildman–Crippen MR) is 146 cm³/mol. The molecule has 1 unspecified atom stereocenters. The molecule has 39 heavy (non-hydrogen) atoms. The van der Waals surface area contributed by atoms with Gasteiger partial charge in [-0.3, -0.25) is 9.59 Å². The number of carbonyl (C=O) groups excluding carboxylic acids is 2. The van der Waals surface area contributed by atoms with Crippen LogP contribution in [0, 0.1) is 0 Å². The highest BCUT2D eigenvalue weighted by atomic mass is 16.8. The van der Waals surface area contributed by atoms with E-state index in [1.54, 1.807) is 38.1 Å². The molecule has 3 aromatic carbocycles. The van der Waals surface area contributed by atoms with Crippen LogP contribution in [0.25, 0.3) is 11.1 Å². The number of carboxylic acids is 1. The van der Waals surface area contributed by atoms with Gasteiger partial charge in [-0.25, -0.2) is 4.79 Å². The van der Waals surface area contributed by atoms with E-state index >= 15 is 0 Å². The molecule has 0 spiro atoms. The second-order valence-electron chi connectivity index (χ2n) is 10.6. The van der Waals surface area contributed by atoms with E-state index in [0.29, 0.717) is 18.5 Å². The first-order chi connectivity index (χ1) is 18.7. The Morgan fingerprint density at radius 2 is 1.56 bits per heavy atom. The number of Topliss-reactive ketones (excluding diaryl/α,β-unsaturated/α-hetero) is 1. The first-order valence-corrected chi connectivity index (χ1v) is 13.4. The van der Waals surface area contributed by atoms with Gasteiger partial charge < -0.3 is 19.5 Å². The van der Waals surface area contributed by atoms with Crippen LogP contribution in [0.4, 0.5) is 0 Å². The highest BCUT2D eigenvalue weighted by Crippen LogP contribution is 2.37. The van der Waals surface area contributed by atoms with E-state index in [2.05, 4.69) is 0 Å². The number of amides is 1. The van der Waals surface area contributed by atoms with Crippen molar-refractivity contribution in [3.63, 3.8) is 0 Å². The van der Waals surface area contributed by atoms with Gasteiger partial charge in [0.15, 0.2) is 23.8 Å². The Morgan fingerprint density at radius 1 is 0.897 bits per heavy atom. The van der Waals surface area contributed by atoms with Crippen molar-refractivity contribution in [3.8, 4) is 11.1 Å². The minimum atomic E-state index is -1.04. The number of ketones is 1. The van der Waals surface area contributed by atoms with Gasteiger partial charge in [0.05, 0.1) is 11.6 Å². The molecule has 7 heteroatoms. The molecule has 1 amide bonds. The molecule has 0 aromatic heterocycles. The highest BCUT2D eigenvalue weighted by molar-refractivity contribution is 5.96. The molecule has 5 rings (SSSR count). The van der Waals surface area contributed by atoms with E-state index in [9.17, 15) is 19.5 Å². The first-order valence-electron chi connectivity index (χ1n) is 13.4. The SMILES string of the molecule is CC1(C)O[C@@H](C(=O)CCc2ccc(-c3ccccc3C(=O)O)cc2)[C@H](C(=O)N2CCCC2c2ccccc2)O1. The first kappa shape index (κ1) is 26.8. The van der Waals surface area contributed by atoms with Crippen LogP contribution in [-0.2, 0) is 25.5 Å². The van der Waals surface area contributed by atoms with Crippen molar-refractivity contribution in [2.45, 2.75) is 63.6 Å². The van der Waals surface area contributed by atoms with Gasteiger partial charge in [-0.2, -0.15) is 0 Å². The number of carbonyl (C=O) groups is 3. The lowest BCUT2D eigenvalue weighted by molar-refractivity contribution is -0.163. The molecule has 0 saturated carbocycles. The predicted octanol–water partition coefficient (Wildman–Crippen LogP) is 5.44. The lowest BCUT2D eigenvalue weighted by Gasteiger charge is -2.28. The van der Waals surface area contributed by atoms with Crippen molar-refractivity contribution in [2.75, 3.05) is 6.54 Å². The Bertz CT molecular complexity index is 1350. The topological polar surface area (TPSA) is 93.1 Å². The summed E-state index contributed by atoms with van der Waals surface area (Å²) >= 11 is 0. The summed E-state index contributed by atoms with van der Waals surface area (Å²) in [5.41, 5.74) is 3.69. The lowest BCUT2D eigenvalue weighted by atomic mass is 9.96. The molecule has 3 atom stereocenters. The number of benzene rings is 3. The normalized spacial score (nSPS) is 22.1. The van der Waals surface area contributed by atoms with Gasteiger partial charge in [-0.1, -0.05) is 72.8 Å². The summed E-state index contributed by atoms with van der Waals surface area (Å²) in [6.45, 7) is 4.08. The molecule has 2 aliphatic rings. The van der Waals surface area contributed by atoms with Gasteiger partial charge in [0, 0.05) is 13.0 Å². The number of aryl methyl sites for hydroxylation is 1. The Morgan fingerprint density at radius 3 is 2.28 bits per heavy atom. The van der Waals surface area contributed by atoms with E-state index in [1.807, 2.05) is 59.5 Å². The Balaban J connectivity index is 1.26. The maximum absolute atomic E-state index is 13.7. The van der Waals surface area contributed by atoms with Crippen molar-refractivity contribution in [1.82, 2.24) is 4.90 Å². The number of likely N-dealkylation sites (tertiary alicyclic amines) is 1. The minimum Gasteiger partial charge on any atom is -0.478 e. The number of hydrogen-bond acceptors (Lipinski definition) is 5. The summed E-state index contributed by atoms with van der Waals surface area (Å²) in [5.74, 6) is -2.39. The fraction of sp³-hybridized carbons (Fsp3) is 0.344. The molecular formula is C32H33NO6. The number of rotatable bonds is 8. The van der Waals surface area contributed by atoms with Crippen LogP contribution < -0.4 is 0 Å². The number of hydrogen-bond donors (Lipinski definition) is 1. The monoisotopic (exact) mass is 527 g/mol. The van der Waals surface area contributed by atoms with Crippen molar-refractivity contribution in [1.29, 1.82) is 0 Å². The summed E-state index contributed by atoms with van der Waals surface area (Å²) in [6, 6.07) is 24.3. The molecule has 2 saturated heterocycles. The molecule has 7 nitrogen and oxygen atoms in total. The Kier molecular flexibility index (Phi) is 7.64. The Labute approximate surface area is 228 Å². The third kappa shape index (κ3) is 5.79. The smallest absolute Gasteiger partial charge is 0.336 e. The molecule has 1 N–H and O–H groups in total. The van der Waals surface area contributed by atoms with E-state index in [1.165, 1.54) is 0 Å². The van der Waals surface area contributed by atoms with Crippen molar-refractivity contribution >= 4 is 17.7 Å². The molecule has 0 radical (unpaired) electrons. The van der Waals surface area contributed by atoms with Crippen LogP contribution in [0.5, 0.6) is 0 Å². The fourth-order valence-corrected chi connectivity index (χ4v) is 5.58. The molecule has 202 valence electrons. The second kappa shape index (κ2) is 11.1. The molecule has 2 fully saturated rings. The maximum Gasteiger partial charge on any atom is 0.336 e. The van der Waals surface area contributed by atoms with Gasteiger partial charge in [0.25, 0.3) is 5.91 Å².